The lowest BCUT2D eigenvalue weighted by Crippen LogP contribution is -2.43. The summed E-state index contributed by atoms with van der Waals surface area (Å²) < 4.78 is 28.7. The highest BCUT2D eigenvalue weighted by Gasteiger charge is 2.40. The van der Waals surface area contributed by atoms with E-state index >= 15 is 0 Å². The average molecular weight is 307 g/mol. The van der Waals surface area contributed by atoms with Crippen molar-refractivity contribution in [1.29, 1.82) is 0 Å². The maximum atomic E-state index is 12.2. The molecule has 6 heteroatoms. The van der Waals surface area contributed by atoms with E-state index in [1.807, 2.05) is 6.92 Å². The summed E-state index contributed by atoms with van der Waals surface area (Å²) in [5.74, 6) is -0.430. The van der Waals surface area contributed by atoms with Crippen LogP contribution >= 0.6 is 0 Å². The molecule has 0 saturated heterocycles. The number of carbonyl (C=O) groups excluding carboxylic acids is 1. The maximum Gasteiger partial charge on any atom is 0.313 e. The largest absolute Gasteiger partial charge is 0.466 e. The second-order valence-corrected chi connectivity index (χ2v) is 9.00. The molecule has 0 fully saturated rings. The van der Waals surface area contributed by atoms with Gasteiger partial charge in [-0.3, -0.25) is 4.79 Å². The number of hydrogen-bond acceptors (Lipinski definition) is 5. The van der Waals surface area contributed by atoms with E-state index in [0.717, 1.165) is 6.42 Å². The summed E-state index contributed by atoms with van der Waals surface area (Å²) in [4.78, 5) is 12.2. The number of sulfone groups is 1. The van der Waals surface area contributed by atoms with E-state index in [4.69, 9.17) is 10.5 Å². The number of rotatable bonds is 8. The van der Waals surface area contributed by atoms with Crippen molar-refractivity contribution < 1.29 is 17.9 Å². The predicted molar refractivity (Wildman–Crippen MR) is 81.2 cm³/mol. The Balaban J connectivity index is 5.15. The van der Waals surface area contributed by atoms with E-state index in [1.54, 1.807) is 27.7 Å². The standard InChI is InChI=1S/C14H29NO4S/c1-6-8-14(11-15,12(16)19-7-2)9-10-20(17,18)13(3,4)5/h6-11,15H2,1-5H3. The van der Waals surface area contributed by atoms with E-state index in [0.29, 0.717) is 6.42 Å². The third kappa shape index (κ3) is 4.74. The van der Waals surface area contributed by atoms with Gasteiger partial charge in [0.1, 0.15) is 0 Å². The highest BCUT2D eigenvalue weighted by atomic mass is 32.2. The van der Waals surface area contributed by atoms with E-state index in [1.165, 1.54) is 0 Å². The molecule has 0 aliphatic carbocycles. The molecule has 2 N–H and O–H groups in total. The van der Waals surface area contributed by atoms with Crippen LogP contribution in [-0.4, -0.2) is 38.0 Å². The fourth-order valence-corrected chi connectivity index (χ4v) is 3.29. The number of esters is 1. The van der Waals surface area contributed by atoms with Gasteiger partial charge in [0.2, 0.25) is 0 Å². The fraction of sp³-hybridized carbons (Fsp3) is 0.929. The lowest BCUT2D eigenvalue weighted by atomic mass is 9.81. The molecule has 0 spiro atoms. The molecule has 5 nitrogen and oxygen atoms in total. The van der Waals surface area contributed by atoms with Gasteiger partial charge in [-0.05, 0) is 40.5 Å². The zero-order valence-electron chi connectivity index (χ0n) is 13.4. The molecule has 0 rings (SSSR count). The molecular weight excluding hydrogens is 278 g/mol. The van der Waals surface area contributed by atoms with Crippen molar-refractivity contribution in [2.24, 2.45) is 11.1 Å². The molecule has 0 heterocycles. The van der Waals surface area contributed by atoms with Gasteiger partial charge in [0.05, 0.1) is 22.5 Å². The number of hydrogen-bond donors (Lipinski definition) is 1. The quantitative estimate of drug-likeness (QED) is 0.692. The molecule has 0 aromatic carbocycles. The molecule has 0 aromatic heterocycles. The second kappa shape index (κ2) is 7.41. The molecule has 1 unspecified atom stereocenters. The Hall–Kier alpha value is -0.620. The summed E-state index contributed by atoms with van der Waals surface area (Å²) in [5.41, 5.74) is 4.88. The third-order valence-electron chi connectivity index (χ3n) is 3.61. The van der Waals surface area contributed by atoms with Gasteiger partial charge < -0.3 is 10.5 Å². The van der Waals surface area contributed by atoms with Crippen molar-refractivity contribution in [2.75, 3.05) is 18.9 Å². The Labute approximate surface area is 123 Å². The Morgan fingerprint density at radius 2 is 1.70 bits per heavy atom. The zero-order valence-corrected chi connectivity index (χ0v) is 14.2. The Bertz CT molecular complexity index is 411. The molecule has 0 amide bonds. The van der Waals surface area contributed by atoms with Crippen molar-refractivity contribution in [2.45, 2.75) is 58.6 Å². The number of carbonyl (C=O) groups is 1. The molecule has 20 heavy (non-hydrogen) atoms. The monoisotopic (exact) mass is 307 g/mol. The SMILES string of the molecule is CCCC(CN)(CCS(=O)(=O)C(C)(C)C)C(=O)OCC. The smallest absolute Gasteiger partial charge is 0.313 e. The Morgan fingerprint density at radius 1 is 1.15 bits per heavy atom. The second-order valence-electron chi connectivity index (χ2n) is 6.14. The molecule has 0 aromatic rings. The predicted octanol–water partition coefficient (Wildman–Crippen LogP) is 1.90. The molecule has 0 aliphatic rings. The van der Waals surface area contributed by atoms with Gasteiger partial charge in [0.15, 0.2) is 9.84 Å². The van der Waals surface area contributed by atoms with Crippen LogP contribution in [0.4, 0.5) is 0 Å². The van der Waals surface area contributed by atoms with Crippen molar-refractivity contribution in [1.82, 2.24) is 0 Å². The van der Waals surface area contributed by atoms with Crippen LogP contribution < -0.4 is 5.73 Å². The summed E-state index contributed by atoms with van der Waals surface area (Å²) in [6, 6.07) is 0. The molecular formula is C14H29NO4S. The first-order valence-electron chi connectivity index (χ1n) is 7.16. The Kier molecular flexibility index (Phi) is 7.18. The summed E-state index contributed by atoms with van der Waals surface area (Å²) >= 11 is 0. The summed E-state index contributed by atoms with van der Waals surface area (Å²) in [7, 11) is -3.27. The Morgan fingerprint density at radius 3 is 2.05 bits per heavy atom. The van der Waals surface area contributed by atoms with Gasteiger partial charge in [0, 0.05) is 6.54 Å². The van der Waals surface area contributed by atoms with Crippen LogP contribution in [0.25, 0.3) is 0 Å². The molecule has 0 saturated carbocycles. The molecule has 120 valence electrons. The molecule has 1 atom stereocenters. The van der Waals surface area contributed by atoms with E-state index in [9.17, 15) is 13.2 Å². The first-order chi connectivity index (χ1) is 9.06. The lowest BCUT2D eigenvalue weighted by molar-refractivity contribution is -0.155. The lowest BCUT2D eigenvalue weighted by Gasteiger charge is -2.31. The topological polar surface area (TPSA) is 86.5 Å². The van der Waals surface area contributed by atoms with Gasteiger partial charge >= 0.3 is 5.97 Å². The molecule has 0 aliphatic heterocycles. The van der Waals surface area contributed by atoms with Crippen LogP contribution in [0.5, 0.6) is 0 Å². The first-order valence-corrected chi connectivity index (χ1v) is 8.81. The van der Waals surface area contributed by atoms with Crippen molar-refractivity contribution in [3.05, 3.63) is 0 Å². The first kappa shape index (κ1) is 19.4. The zero-order chi connectivity index (χ0) is 16.0. The van der Waals surface area contributed by atoms with Crippen molar-refractivity contribution in [3.63, 3.8) is 0 Å². The van der Waals surface area contributed by atoms with E-state index in [2.05, 4.69) is 0 Å². The summed E-state index contributed by atoms with van der Waals surface area (Å²) in [6.45, 7) is 9.05. The van der Waals surface area contributed by atoms with Crippen molar-refractivity contribution in [3.8, 4) is 0 Å². The molecule has 0 radical (unpaired) electrons. The van der Waals surface area contributed by atoms with Crippen molar-refractivity contribution >= 4 is 15.8 Å². The van der Waals surface area contributed by atoms with E-state index < -0.39 is 20.0 Å². The third-order valence-corrected chi connectivity index (χ3v) is 6.22. The van der Waals surface area contributed by atoms with Crippen LogP contribution in [0.2, 0.25) is 0 Å². The highest BCUT2D eigenvalue weighted by Crippen LogP contribution is 2.31. The normalized spacial score (nSPS) is 15.7. The van der Waals surface area contributed by atoms with Gasteiger partial charge in [-0.2, -0.15) is 0 Å². The van der Waals surface area contributed by atoms with Crippen LogP contribution in [0.3, 0.4) is 0 Å². The average Bonchev–Trinajstić information content (AvgIpc) is 2.33. The summed E-state index contributed by atoms with van der Waals surface area (Å²) in [6.07, 6.45) is 1.52. The minimum Gasteiger partial charge on any atom is -0.466 e. The van der Waals surface area contributed by atoms with Gasteiger partial charge in [-0.15, -0.1) is 0 Å². The molecule has 0 bridgehead atoms. The van der Waals surface area contributed by atoms with Crippen LogP contribution in [0, 0.1) is 5.41 Å². The highest BCUT2D eigenvalue weighted by molar-refractivity contribution is 7.92. The van der Waals surface area contributed by atoms with Crippen LogP contribution in [-0.2, 0) is 19.4 Å². The van der Waals surface area contributed by atoms with Gasteiger partial charge in [-0.25, -0.2) is 8.42 Å². The summed E-state index contributed by atoms with van der Waals surface area (Å²) in [5, 5.41) is 0. The minimum atomic E-state index is -3.27. The van der Waals surface area contributed by atoms with Gasteiger partial charge in [0.25, 0.3) is 0 Å². The van der Waals surface area contributed by atoms with Crippen LogP contribution in [0.1, 0.15) is 53.9 Å². The fourth-order valence-electron chi connectivity index (χ4n) is 2.02. The maximum absolute atomic E-state index is 12.2. The number of nitrogens with two attached hydrogens (primary N) is 1. The minimum absolute atomic E-state index is 0.0491. The van der Waals surface area contributed by atoms with Crippen LogP contribution in [0.15, 0.2) is 0 Å². The number of ether oxygens (including phenoxy) is 1. The van der Waals surface area contributed by atoms with E-state index in [-0.39, 0.29) is 31.3 Å². The van der Waals surface area contributed by atoms with Gasteiger partial charge in [-0.1, -0.05) is 13.3 Å².